The summed E-state index contributed by atoms with van der Waals surface area (Å²) in [4.78, 5) is 27.5. The minimum atomic E-state index is -3.84. The first-order valence-electron chi connectivity index (χ1n) is 10.4. The number of sulfonamides is 1. The smallest absolute Gasteiger partial charge is 0.244 e. The maximum absolute atomic E-state index is 13.4. The number of anilines is 1. The highest BCUT2D eigenvalue weighted by Crippen LogP contribution is 2.27. The van der Waals surface area contributed by atoms with Crippen molar-refractivity contribution in [2.24, 2.45) is 5.92 Å². The molecule has 0 spiro atoms. The summed E-state index contributed by atoms with van der Waals surface area (Å²) in [5, 5.41) is 3.45. The SMILES string of the molecule is CC(C)CNC(=O)C(C)N(Cc1ccccc1Cl)C(=O)CN(c1ccccc1Cl)S(C)(=O)=O. The Bertz CT molecular complexity index is 1090. The molecule has 2 rings (SSSR count). The summed E-state index contributed by atoms with van der Waals surface area (Å²) >= 11 is 12.5. The Labute approximate surface area is 205 Å². The van der Waals surface area contributed by atoms with E-state index >= 15 is 0 Å². The number of halogens is 2. The number of carbonyl (C=O) groups excluding carboxylic acids is 2. The molecule has 0 heterocycles. The third-order valence-corrected chi connectivity index (χ3v) is 6.77. The van der Waals surface area contributed by atoms with E-state index in [9.17, 15) is 18.0 Å². The van der Waals surface area contributed by atoms with Gasteiger partial charge >= 0.3 is 0 Å². The molecule has 1 unspecified atom stereocenters. The zero-order valence-electron chi connectivity index (χ0n) is 19.1. The van der Waals surface area contributed by atoms with Crippen molar-refractivity contribution in [3.8, 4) is 0 Å². The lowest BCUT2D eigenvalue weighted by Crippen LogP contribution is -2.51. The van der Waals surface area contributed by atoms with Gasteiger partial charge in [0, 0.05) is 18.1 Å². The van der Waals surface area contributed by atoms with Crippen molar-refractivity contribution in [2.45, 2.75) is 33.4 Å². The number of hydrogen-bond donors (Lipinski definition) is 1. The van der Waals surface area contributed by atoms with Crippen LogP contribution in [0.5, 0.6) is 0 Å². The van der Waals surface area contributed by atoms with Gasteiger partial charge in [-0.2, -0.15) is 0 Å². The van der Waals surface area contributed by atoms with Gasteiger partial charge in [0.25, 0.3) is 0 Å². The Hall–Kier alpha value is -2.29. The van der Waals surface area contributed by atoms with Crippen molar-refractivity contribution in [2.75, 3.05) is 23.7 Å². The number of para-hydroxylation sites is 1. The summed E-state index contributed by atoms with van der Waals surface area (Å²) < 4.78 is 26.0. The fraction of sp³-hybridized carbons (Fsp3) is 0.391. The molecular formula is C23H29Cl2N3O4S. The third-order valence-electron chi connectivity index (χ3n) is 4.95. The highest BCUT2D eigenvalue weighted by Gasteiger charge is 2.31. The van der Waals surface area contributed by atoms with Gasteiger partial charge in [-0.05, 0) is 36.6 Å². The predicted molar refractivity (Wildman–Crippen MR) is 133 cm³/mol. The van der Waals surface area contributed by atoms with Crippen molar-refractivity contribution in [3.05, 3.63) is 64.1 Å². The summed E-state index contributed by atoms with van der Waals surface area (Å²) in [6.07, 6.45) is 1.00. The Morgan fingerprint density at radius 1 is 0.970 bits per heavy atom. The molecule has 1 atom stereocenters. The average Bonchev–Trinajstić information content (AvgIpc) is 2.74. The molecule has 33 heavy (non-hydrogen) atoms. The zero-order valence-corrected chi connectivity index (χ0v) is 21.4. The minimum absolute atomic E-state index is 0.0366. The highest BCUT2D eigenvalue weighted by atomic mass is 35.5. The van der Waals surface area contributed by atoms with E-state index in [1.165, 1.54) is 11.0 Å². The standard InChI is InChI=1S/C23H29Cl2N3O4S/c1-16(2)13-26-23(30)17(3)27(14-18-9-5-6-10-19(18)24)22(29)15-28(33(4,31)32)21-12-8-7-11-20(21)25/h5-12,16-17H,13-15H2,1-4H3,(H,26,30). The molecule has 0 radical (unpaired) electrons. The van der Waals surface area contributed by atoms with Crippen molar-refractivity contribution >= 4 is 50.7 Å². The summed E-state index contributed by atoms with van der Waals surface area (Å²) in [5.74, 6) is -0.671. The van der Waals surface area contributed by atoms with E-state index in [2.05, 4.69) is 5.32 Å². The summed E-state index contributed by atoms with van der Waals surface area (Å²) in [7, 11) is -3.84. The first kappa shape index (κ1) is 27.0. The molecule has 0 fully saturated rings. The number of amides is 2. The molecular weight excluding hydrogens is 485 g/mol. The molecule has 0 aliphatic rings. The second-order valence-corrected chi connectivity index (χ2v) is 10.9. The van der Waals surface area contributed by atoms with Crippen LogP contribution < -0.4 is 9.62 Å². The largest absolute Gasteiger partial charge is 0.354 e. The van der Waals surface area contributed by atoms with E-state index in [0.717, 1.165) is 10.6 Å². The van der Waals surface area contributed by atoms with Crippen molar-refractivity contribution < 1.29 is 18.0 Å². The third kappa shape index (κ3) is 7.62. The molecule has 0 saturated carbocycles. The highest BCUT2D eigenvalue weighted by molar-refractivity contribution is 7.92. The van der Waals surface area contributed by atoms with Crippen LogP contribution >= 0.6 is 23.2 Å². The van der Waals surface area contributed by atoms with Crippen molar-refractivity contribution in [3.63, 3.8) is 0 Å². The lowest BCUT2D eigenvalue weighted by atomic mass is 10.1. The van der Waals surface area contributed by atoms with Gasteiger partial charge in [-0.15, -0.1) is 0 Å². The van der Waals surface area contributed by atoms with Gasteiger partial charge in [-0.25, -0.2) is 8.42 Å². The second kappa shape index (κ2) is 11.7. The van der Waals surface area contributed by atoms with Crippen LogP contribution in [0.1, 0.15) is 26.3 Å². The van der Waals surface area contributed by atoms with E-state index in [1.54, 1.807) is 49.4 Å². The van der Waals surface area contributed by atoms with Crippen LogP contribution in [0.4, 0.5) is 5.69 Å². The Balaban J connectivity index is 2.39. The molecule has 7 nitrogen and oxygen atoms in total. The lowest BCUT2D eigenvalue weighted by Gasteiger charge is -2.32. The van der Waals surface area contributed by atoms with Crippen LogP contribution in [0.3, 0.4) is 0 Å². The van der Waals surface area contributed by atoms with Gasteiger partial charge in [0.15, 0.2) is 0 Å². The van der Waals surface area contributed by atoms with E-state index in [-0.39, 0.29) is 29.1 Å². The first-order valence-corrected chi connectivity index (χ1v) is 13.0. The van der Waals surface area contributed by atoms with E-state index in [4.69, 9.17) is 23.2 Å². The fourth-order valence-corrected chi connectivity index (χ4v) is 4.44. The van der Waals surface area contributed by atoms with Gasteiger partial charge in [0.05, 0.1) is 17.0 Å². The monoisotopic (exact) mass is 513 g/mol. The van der Waals surface area contributed by atoms with Crippen LogP contribution in [0, 0.1) is 5.92 Å². The van der Waals surface area contributed by atoms with E-state index < -0.39 is 28.5 Å². The van der Waals surface area contributed by atoms with Gasteiger partial charge in [-0.1, -0.05) is 67.4 Å². The maximum Gasteiger partial charge on any atom is 0.244 e. The molecule has 0 aliphatic heterocycles. The van der Waals surface area contributed by atoms with Crippen LogP contribution in [-0.2, 0) is 26.2 Å². The Morgan fingerprint density at radius 2 is 1.55 bits per heavy atom. The zero-order chi connectivity index (χ0) is 24.8. The minimum Gasteiger partial charge on any atom is -0.354 e. The van der Waals surface area contributed by atoms with Crippen molar-refractivity contribution in [1.29, 1.82) is 0 Å². The molecule has 0 aliphatic carbocycles. The van der Waals surface area contributed by atoms with Gasteiger partial charge in [-0.3, -0.25) is 13.9 Å². The van der Waals surface area contributed by atoms with Crippen LogP contribution in [0.15, 0.2) is 48.5 Å². The first-order chi connectivity index (χ1) is 15.4. The predicted octanol–water partition coefficient (Wildman–Crippen LogP) is 3.95. The molecule has 2 amide bonds. The fourth-order valence-electron chi connectivity index (χ4n) is 3.09. The quantitative estimate of drug-likeness (QED) is 0.520. The molecule has 180 valence electrons. The molecule has 10 heteroatoms. The summed E-state index contributed by atoms with van der Waals surface area (Å²) in [6.45, 7) is 5.50. The molecule has 2 aromatic carbocycles. The van der Waals surface area contributed by atoms with Gasteiger partial charge < -0.3 is 10.2 Å². The number of benzene rings is 2. The Kier molecular flexibility index (Phi) is 9.57. The van der Waals surface area contributed by atoms with Gasteiger partial charge in [0.2, 0.25) is 21.8 Å². The normalized spacial score (nSPS) is 12.3. The summed E-state index contributed by atoms with van der Waals surface area (Å²) in [6, 6.07) is 12.5. The molecule has 1 N–H and O–H groups in total. The maximum atomic E-state index is 13.4. The molecule has 0 bridgehead atoms. The van der Waals surface area contributed by atoms with E-state index in [1.807, 2.05) is 13.8 Å². The number of nitrogens with one attached hydrogen (secondary N) is 1. The number of hydrogen-bond acceptors (Lipinski definition) is 4. The van der Waals surface area contributed by atoms with E-state index in [0.29, 0.717) is 17.1 Å². The lowest BCUT2D eigenvalue weighted by molar-refractivity contribution is -0.139. The number of nitrogens with zero attached hydrogens (tertiary/aromatic N) is 2. The number of carbonyl (C=O) groups is 2. The molecule has 0 saturated heterocycles. The topological polar surface area (TPSA) is 86.8 Å². The average molecular weight is 514 g/mol. The van der Waals surface area contributed by atoms with Crippen molar-refractivity contribution in [1.82, 2.24) is 10.2 Å². The second-order valence-electron chi connectivity index (χ2n) is 8.15. The van der Waals surface area contributed by atoms with Gasteiger partial charge in [0.1, 0.15) is 12.6 Å². The molecule has 2 aromatic rings. The van der Waals surface area contributed by atoms with Crippen LogP contribution in [-0.4, -0.2) is 50.5 Å². The van der Waals surface area contributed by atoms with Crippen LogP contribution in [0.2, 0.25) is 10.0 Å². The van der Waals surface area contributed by atoms with Crippen LogP contribution in [0.25, 0.3) is 0 Å². The Morgan fingerprint density at radius 3 is 2.09 bits per heavy atom. The molecule has 0 aromatic heterocycles. The number of rotatable bonds is 10. The summed E-state index contributed by atoms with van der Waals surface area (Å²) in [5.41, 5.74) is 0.823.